The molecular weight excluding hydrogens is 236 g/mol. The van der Waals surface area contributed by atoms with Gasteiger partial charge in [0, 0.05) is 0 Å². The van der Waals surface area contributed by atoms with E-state index < -0.39 is 20.2 Å². The van der Waals surface area contributed by atoms with Crippen LogP contribution in [0, 0.1) is 0 Å². The number of hydrogen-bond acceptors (Lipinski definition) is 4. The lowest BCUT2D eigenvalue weighted by Gasteiger charge is -1.97. The van der Waals surface area contributed by atoms with Gasteiger partial charge in [0.1, 0.15) is 0 Å². The molecule has 9 heteroatoms. The molecule has 0 fully saturated rings. The Balaban J connectivity index is 0. The summed E-state index contributed by atoms with van der Waals surface area (Å²) in [6, 6.07) is 0. The molecule has 0 saturated carbocycles. The fraction of sp³-hybridized carbons (Fsp3) is 1.00. The molecule has 0 unspecified atom stereocenters. The second kappa shape index (κ2) is 6.30. The molecule has 14 heavy (non-hydrogen) atoms. The second-order valence-electron chi connectivity index (χ2n) is 2.63. The standard InChI is InChI=1S/C5H12O6S2.H2O/c6-12(7,8)4-2-1-3-5-13(9,10)11;/h1-5H2,(H,6,7,8)(H,9,10,11);1H2. The van der Waals surface area contributed by atoms with E-state index in [0.29, 0.717) is 6.42 Å². The molecule has 0 rings (SSSR count). The lowest BCUT2D eigenvalue weighted by molar-refractivity contribution is 0.477. The van der Waals surface area contributed by atoms with Gasteiger partial charge < -0.3 is 5.48 Å². The first kappa shape index (κ1) is 16.2. The molecule has 0 bridgehead atoms. The van der Waals surface area contributed by atoms with Crippen molar-refractivity contribution in [2.45, 2.75) is 19.3 Å². The summed E-state index contributed by atoms with van der Waals surface area (Å²) in [6.45, 7) is 0. The van der Waals surface area contributed by atoms with Crippen molar-refractivity contribution in [1.82, 2.24) is 0 Å². The van der Waals surface area contributed by atoms with Crippen LogP contribution in [0.4, 0.5) is 0 Å². The van der Waals surface area contributed by atoms with Gasteiger partial charge in [-0.05, 0) is 12.8 Å². The predicted molar refractivity (Wildman–Crippen MR) is 50.3 cm³/mol. The van der Waals surface area contributed by atoms with Crippen molar-refractivity contribution in [3.05, 3.63) is 0 Å². The zero-order chi connectivity index (χ0) is 10.5. The molecule has 0 heterocycles. The van der Waals surface area contributed by atoms with Gasteiger partial charge in [-0.2, -0.15) is 16.8 Å². The van der Waals surface area contributed by atoms with Crippen LogP contribution >= 0.6 is 0 Å². The van der Waals surface area contributed by atoms with E-state index >= 15 is 0 Å². The van der Waals surface area contributed by atoms with Crippen LogP contribution in [0.5, 0.6) is 0 Å². The van der Waals surface area contributed by atoms with Gasteiger partial charge in [-0.1, -0.05) is 6.42 Å². The Kier molecular flexibility index (Phi) is 7.30. The number of unbranched alkanes of at least 4 members (excludes halogenated alkanes) is 2. The molecule has 0 saturated heterocycles. The van der Waals surface area contributed by atoms with Crippen LogP contribution in [0.1, 0.15) is 19.3 Å². The largest absolute Gasteiger partial charge is 0.412 e. The van der Waals surface area contributed by atoms with Gasteiger partial charge >= 0.3 is 0 Å². The average Bonchev–Trinajstić information content (AvgIpc) is 1.81. The van der Waals surface area contributed by atoms with E-state index in [4.69, 9.17) is 9.11 Å². The molecule has 7 nitrogen and oxygen atoms in total. The molecule has 0 radical (unpaired) electrons. The predicted octanol–water partition coefficient (Wildman–Crippen LogP) is -0.892. The molecule has 0 aliphatic rings. The first-order valence-electron chi connectivity index (χ1n) is 3.61. The highest BCUT2D eigenvalue weighted by molar-refractivity contribution is 7.86. The SMILES string of the molecule is O.O=S(=O)(O)CCCCCS(=O)(=O)O. The van der Waals surface area contributed by atoms with E-state index in [2.05, 4.69) is 0 Å². The van der Waals surface area contributed by atoms with Crippen molar-refractivity contribution >= 4 is 20.2 Å². The summed E-state index contributed by atoms with van der Waals surface area (Å²) in [7, 11) is -7.90. The molecular formula is C5H14O7S2. The Labute approximate surface area is 82.9 Å². The zero-order valence-corrected chi connectivity index (χ0v) is 9.01. The van der Waals surface area contributed by atoms with Gasteiger partial charge in [0.25, 0.3) is 20.2 Å². The molecule has 0 aliphatic heterocycles. The van der Waals surface area contributed by atoms with E-state index in [-0.39, 0.29) is 29.8 Å². The Hall–Kier alpha value is -0.220. The van der Waals surface area contributed by atoms with Crippen molar-refractivity contribution < 1.29 is 31.4 Å². The van der Waals surface area contributed by atoms with Crippen LogP contribution in [0.3, 0.4) is 0 Å². The maximum atomic E-state index is 10.2. The minimum atomic E-state index is -3.95. The smallest absolute Gasteiger partial charge is 0.264 e. The Bertz CT molecular complexity index is 293. The van der Waals surface area contributed by atoms with Gasteiger partial charge in [0.15, 0.2) is 0 Å². The average molecular weight is 250 g/mol. The van der Waals surface area contributed by atoms with Crippen LogP contribution in [0.15, 0.2) is 0 Å². The first-order valence-corrected chi connectivity index (χ1v) is 6.83. The fourth-order valence-corrected chi connectivity index (χ4v) is 1.88. The minimum Gasteiger partial charge on any atom is -0.412 e. The monoisotopic (exact) mass is 250 g/mol. The zero-order valence-electron chi connectivity index (χ0n) is 7.38. The lowest BCUT2D eigenvalue weighted by atomic mass is 10.3. The molecule has 0 spiro atoms. The van der Waals surface area contributed by atoms with E-state index in [1.807, 2.05) is 0 Å². The van der Waals surface area contributed by atoms with Crippen molar-refractivity contribution in [1.29, 1.82) is 0 Å². The summed E-state index contributed by atoms with van der Waals surface area (Å²) in [5, 5.41) is 0. The fourth-order valence-electron chi connectivity index (χ4n) is 0.746. The third-order valence-electron chi connectivity index (χ3n) is 1.30. The van der Waals surface area contributed by atoms with Crippen molar-refractivity contribution in [2.24, 2.45) is 0 Å². The van der Waals surface area contributed by atoms with Crippen molar-refractivity contribution in [3.8, 4) is 0 Å². The number of rotatable bonds is 6. The van der Waals surface area contributed by atoms with Crippen LogP contribution < -0.4 is 0 Å². The Morgan fingerprint density at radius 2 is 1.00 bits per heavy atom. The van der Waals surface area contributed by atoms with Crippen LogP contribution in [0.2, 0.25) is 0 Å². The van der Waals surface area contributed by atoms with E-state index in [1.165, 1.54) is 0 Å². The van der Waals surface area contributed by atoms with Crippen molar-refractivity contribution in [2.75, 3.05) is 11.5 Å². The van der Waals surface area contributed by atoms with Crippen LogP contribution in [0.25, 0.3) is 0 Å². The maximum Gasteiger partial charge on any atom is 0.264 e. The second-order valence-corrected chi connectivity index (χ2v) is 5.78. The highest BCUT2D eigenvalue weighted by atomic mass is 32.2. The molecule has 0 aliphatic carbocycles. The first-order chi connectivity index (χ1) is 5.71. The molecule has 0 aromatic rings. The molecule has 0 aromatic carbocycles. The van der Waals surface area contributed by atoms with Gasteiger partial charge in [0.05, 0.1) is 11.5 Å². The molecule has 88 valence electrons. The van der Waals surface area contributed by atoms with Gasteiger partial charge in [-0.25, -0.2) is 0 Å². The highest BCUT2D eigenvalue weighted by Gasteiger charge is 2.06. The maximum absolute atomic E-state index is 10.2. The summed E-state index contributed by atoms with van der Waals surface area (Å²) in [6.07, 6.45) is 0.711. The van der Waals surface area contributed by atoms with Gasteiger partial charge in [0.2, 0.25) is 0 Å². The van der Waals surface area contributed by atoms with E-state index in [0.717, 1.165) is 0 Å². The minimum absolute atomic E-state index is 0. The summed E-state index contributed by atoms with van der Waals surface area (Å²) in [5.74, 6) is -0.753. The van der Waals surface area contributed by atoms with Crippen LogP contribution in [-0.4, -0.2) is 42.9 Å². The van der Waals surface area contributed by atoms with E-state index in [9.17, 15) is 16.8 Å². The quantitative estimate of drug-likeness (QED) is 0.462. The van der Waals surface area contributed by atoms with E-state index in [1.54, 1.807) is 0 Å². The van der Waals surface area contributed by atoms with Gasteiger partial charge in [-0.15, -0.1) is 0 Å². The topological polar surface area (TPSA) is 140 Å². The third kappa shape index (κ3) is 14.3. The summed E-state index contributed by atoms with van der Waals surface area (Å²) in [4.78, 5) is 0. The summed E-state index contributed by atoms with van der Waals surface area (Å²) in [5.41, 5.74) is 0. The summed E-state index contributed by atoms with van der Waals surface area (Å²) >= 11 is 0. The van der Waals surface area contributed by atoms with Gasteiger partial charge in [-0.3, -0.25) is 9.11 Å². The lowest BCUT2D eigenvalue weighted by Crippen LogP contribution is -2.06. The summed E-state index contributed by atoms with van der Waals surface area (Å²) < 4.78 is 57.3. The van der Waals surface area contributed by atoms with Crippen LogP contribution in [-0.2, 0) is 20.2 Å². The molecule has 0 aromatic heterocycles. The third-order valence-corrected chi connectivity index (χ3v) is 2.91. The highest BCUT2D eigenvalue weighted by Crippen LogP contribution is 2.00. The van der Waals surface area contributed by atoms with Crippen molar-refractivity contribution in [3.63, 3.8) is 0 Å². The molecule has 0 atom stereocenters. The molecule has 4 N–H and O–H groups in total. The Morgan fingerprint density at radius 1 is 0.714 bits per heavy atom. The molecule has 0 amide bonds. The normalized spacial score (nSPS) is 12.1. The Morgan fingerprint density at radius 3 is 1.21 bits per heavy atom. The number of hydrogen-bond donors (Lipinski definition) is 2.